The lowest BCUT2D eigenvalue weighted by Gasteiger charge is -2.34. The molecule has 4 nitrogen and oxygen atoms in total. The molecule has 2 atom stereocenters. The van der Waals surface area contributed by atoms with Crippen molar-refractivity contribution in [1.29, 1.82) is 0 Å². The first-order chi connectivity index (χ1) is 14.3. The van der Waals surface area contributed by atoms with E-state index in [2.05, 4.69) is 40.3 Å². The minimum atomic E-state index is -4.16. The number of likely N-dealkylation sites (tertiary alicyclic amines) is 1. The molecule has 1 aromatic heterocycles. The summed E-state index contributed by atoms with van der Waals surface area (Å²) in [5.41, 5.74) is 3.76. The third-order valence-electron chi connectivity index (χ3n) is 6.81. The van der Waals surface area contributed by atoms with E-state index in [1.165, 1.54) is 16.6 Å². The summed E-state index contributed by atoms with van der Waals surface area (Å²) in [6, 6.07) is 8.00. The van der Waals surface area contributed by atoms with Crippen LogP contribution in [0.15, 0.2) is 24.3 Å². The van der Waals surface area contributed by atoms with Gasteiger partial charge < -0.3 is 10.3 Å². The molecule has 2 N–H and O–H groups in total. The Morgan fingerprint density at radius 2 is 1.90 bits per heavy atom. The van der Waals surface area contributed by atoms with Crippen molar-refractivity contribution >= 4 is 16.8 Å². The quantitative estimate of drug-likeness (QED) is 0.738. The van der Waals surface area contributed by atoms with Crippen molar-refractivity contribution in [2.24, 2.45) is 5.92 Å². The van der Waals surface area contributed by atoms with Gasteiger partial charge in [0.2, 0.25) is 5.91 Å². The van der Waals surface area contributed by atoms with E-state index in [-0.39, 0.29) is 31.3 Å². The fourth-order valence-corrected chi connectivity index (χ4v) is 5.30. The number of halogens is 3. The van der Waals surface area contributed by atoms with Crippen molar-refractivity contribution in [2.45, 2.75) is 63.6 Å². The van der Waals surface area contributed by atoms with Gasteiger partial charge in [0.1, 0.15) is 0 Å². The molecular formula is C23H30F3N3O. The number of piperidine rings is 1. The summed E-state index contributed by atoms with van der Waals surface area (Å²) in [4.78, 5) is 18.0. The summed E-state index contributed by atoms with van der Waals surface area (Å²) >= 11 is 0. The van der Waals surface area contributed by atoms with Crippen LogP contribution in [0.5, 0.6) is 0 Å². The monoisotopic (exact) mass is 421 g/mol. The van der Waals surface area contributed by atoms with E-state index in [1.807, 2.05) is 6.07 Å². The lowest BCUT2D eigenvalue weighted by atomic mass is 9.85. The van der Waals surface area contributed by atoms with Crippen molar-refractivity contribution in [1.82, 2.24) is 15.2 Å². The molecule has 2 aromatic rings. The predicted octanol–water partition coefficient (Wildman–Crippen LogP) is 4.89. The summed E-state index contributed by atoms with van der Waals surface area (Å²) in [6.45, 7) is 4.04. The van der Waals surface area contributed by atoms with E-state index in [0.717, 1.165) is 31.4 Å². The van der Waals surface area contributed by atoms with Crippen LogP contribution in [0.25, 0.3) is 10.9 Å². The van der Waals surface area contributed by atoms with Gasteiger partial charge in [-0.3, -0.25) is 9.69 Å². The number of alkyl halides is 3. The Balaban J connectivity index is 1.28. The summed E-state index contributed by atoms with van der Waals surface area (Å²) in [6.07, 6.45) is -0.852. The van der Waals surface area contributed by atoms with Gasteiger partial charge in [-0.05, 0) is 69.7 Å². The Labute approximate surface area is 175 Å². The second kappa shape index (κ2) is 8.61. The number of benzene rings is 1. The first kappa shape index (κ1) is 21.2. The molecule has 0 spiro atoms. The molecule has 1 aliphatic heterocycles. The van der Waals surface area contributed by atoms with E-state index in [0.29, 0.717) is 18.8 Å². The Morgan fingerprint density at radius 3 is 2.63 bits per heavy atom. The van der Waals surface area contributed by atoms with Crippen molar-refractivity contribution in [3.63, 3.8) is 0 Å². The molecule has 1 saturated carbocycles. The molecule has 7 heteroatoms. The number of hydrogen-bond donors (Lipinski definition) is 2. The maximum Gasteiger partial charge on any atom is 0.391 e. The van der Waals surface area contributed by atoms with E-state index in [1.54, 1.807) is 0 Å². The molecule has 2 heterocycles. The van der Waals surface area contributed by atoms with Gasteiger partial charge in [0.15, 0.2) is 0 Å². The van der Waals surface area contributed by atoms with Crippen molar-refractivity contribution < 1.29 is 18.0 Å². The van der Waals surface area contributed by atoms with Crippen LogP contribution in [-0.2, 0) is 4.79 Å². The van der Waals surface area contributed by atoms with E-state index in [9.17, 15) is 18.0 Å². The molecule has 0 radical (unpaired) electrons. The highest BCUT2D eigenvalue weighted by molar-refractivity contribution is 5.85. The minimum absolute atomic E-state index is 0.0111. The van der Waals surface area contributed by atoms with Crippen molar-refractivity contribution in [3.8, 4) is 0 Å². The molecule has 4 rings (SSSR count). The summed E-state index contributed by atoms with van der Waals surface area (Å²) in [5, 5.41) is 4.13. The zero-order chi connectivity index (χ0) is 21.3. The first-order valence-corrected chi connectivity index (χ1v) is 11.0. The Bertz CT molecular complexity index is 883. The van der Waals surface area contributed by atoms with Crippen LogP contribution < -0.4 is 5.32 Å². The van der Waals surface area contributed by atoms with Gasteiger partial charge in [0, 0.05) is 22.6 Å². The Morgan fingerprint density at radius 1 is 1.17 bits per heavy atom. The number of rotatable bonds is 4. The van der Waals surface area contributed by atoms with Gasteiger partial charge in [-0.25, -0.2) is 0 Å². The fraction of sp³-hybridized carbons (Fsp3) is 0.609. The number of aryl methyl sites for hydroxylation is 1. The number of aromatic nitrogens is 1. The highest BCUT2D eigenvalue weighted by Gasteiger charge is 2.42. The van der Waals surface area contributed by atoms with E-state index >= 15 is 0 Å². The SMILES string of the molecule is Cc1[nH]c2ccccc2c1C1CCN(CC(=O)NC2CCCC(C(F)(F)F)C2)CC1. The number of amides is 1. The zero-order valence-corrected chi connectivity index (χ0v) is 17.4. The molecule has 0 bridgehead atoms. The van der Waals surface area contributed by atoms with E-state index in [4.69, 9.17) is 0 Å². The van der Waals surface area contributed by atoms with Gasteiger partial charge >= 0.3 is 6.18 Å². The fourth-order valence-electron chi connectivity index (χ4n) is 5.30. The molecule has 1 aromatic carbocycles. The Hall–Kier alpha value is -2.02. The molecular weight excluding hydrogens is 391 g/mol. The largest absolute Gasteiger partial charge is 0.391 e. The topological polar surface area (TPSA) is 48.1 Å². The highest BCUT2D eigenvalue weighted by atomic mass is 19.4. The smallest absolute Gasteiger partial charge is 0.358 e. The first-order valence-electron chi connectivity index (χ1n) is 11.0. The molecule has 2 fully saturated rings. The number of carbonyl (C=O) groups excluding carboxylic acids is 1. The Kier molecular flexibility index (Phi) is 6.09. The van der Waals surface area contributed by atoms with Crippen molar-refractivity contribution in [3.05, 3.63) is 35.5 Å². The predicted molar refractivity (Wildman–Crippen MR) is 111 cm³/mol. The molecule has 1 amide bonds. The number of para-hydroxylation sites is 1. The van der Waals surface area contributed by atoms with Crippen LogP contribution in [0.2, 0.25) is 0 Å². The number of nitrogens with one attached hydrogen (secondary N) is 2. The number of fused-ring (bicyclic) bond motifs is 1. The van der Waals surface area contributed by atoms with Gasteiger partial charge in [0.25, 0.3) is 0 Å². The number of aromatic amines is 1. The molecule has 30 heavy (non-hydrogen) atoms. The normalized spacial score (nSPS) is 24.3. The lowest BCUT2D eigenvalue weighted by Crippen LogP contribution is -2.46. The molecule has 1 saturated heterocycles. The second-order valence-electron chi connectivity index (χ2n) is 8.93. The average Bonchev–Trinajstić information content (AvgIpc) is 3.04. The van der Waals surface area contributed by atoms with Crippen LogP contribution in [0.4, 0.5) is 13.2 Å². The highest BCUT2D eigenvalue weighted by Crippen LogP contribution is 2.38. The summed E-state index contributed by atoms with van der Waals surface area (Å²) in [7, 11) is 0. The van der Waals surface area contributed by atoms with Crippen LogP contribution in [0.1, 0.15) is 55.7 Å². The maximum absolute atomic E-state index is 13.0. The van der Waals surface area contributed by atoms with Crippen molar-refractivity contribution in [2.75, 3.05) is 19.6 Å². The number of carbonyl (C=O) groups is 1. The van der Waals surface area contributed by atoms with E-state index < -0.39 is 12.1 Å². The lowest BCUT2D eigenvalue weighted by molar-refractivity contribution is -0.184. The molecule has 164 valence electrons. The standard InChI is InChI=1S/C23H30F3N3O/c1-15-22(19-7-2-3-8-20(19)27-15)16-9-11-29(12-10-16)14-21(30)28-18-6-4-5-17(13-18)23(24,25)26/h2-3,7-8,16-18,27H,4-6,9-14H2,1H3,(H,28,30). The van der Waals surface area contributed by atoms with Gasteiger partial charge in [-0.1, -0.05) is 24.6 Å². The van der Waals surface area contributed by atoms with Crippen LogP contribution >= 0.6 is 0 Å². The summed E-state index contributed by atoms with van der Waals surface area (Å²) < 4.78 is 38.9. The molecule has 2 aliphatic rings. The second-order valence-corrected chi connectivity index (χ2v) is 8.93. The number of nitrogens with zero attached hydrogens (tertiary/aromatic N) is 1. The molecule has 1 aliphatic carbocycles. The third kappa shape index (κ3) is 4.66. The van der Waals surface area contributed by atoms with Crippen LogP contribution in [0.3, 0.4) is 0 Å². The third-order valence-corrected chi connectivity index (χ3v) is 6.81. The number of hydrogen-bond acceptors (Lipinski definition) is 2. The van der Waals surface area contributed by atoms with Gasteiger partial charge in [-0.2, -0.15) is 13.2 Å². The van der Waals surface area contributed by atoms with Crippen LogP contribution in [0, 0.1) is 12.8 Å². The number of H-pyrrole nitrogens is 1. The van der Waals surface area contributed by atoms with Gasteiger partial charge in [-0.15, -0.1) is 0 Å². The maximum atomic E-state index is 13.0. The molecule has 2 unspecified atom stereocenters. The van der Waals surface area contributed by atoms with Crippen LogP contribution in [-0.4, -0.2) is 47.6 Å². The summed E-state index contributed by atoms with van der Waals surface area (Å²) in [5.74, 6) is -0.970. The minimum Gasteiger partial charge on any atom is -0.358 e. The average molecular weight is 422 g/mol. The van der Waals surface area contributed by atoms with Gasteiger partial charge in [0.05, 0.1) is 12.5 Å². The zero-order valence-electron chi connectivity index (χ0n) is 17.4.